The van der Waals surface area contributed by atoms with Crippen LogP contribution in [-0.4, -0.2) is 19.9 Å². The second kappa shape index (κ2) is 6.25. The van der Waals surface area contributed by atoms with Crippen LogP contribution in [0.5, 0.6) is 0 Å². The Morgan fingerprint density at radius 2 is 2.04 bits per heavy atom. The second-order valence-corrected chi connectivity index (χ2v) is 7.17. The molecule has 0 saturated heterocycles. The Labute approximate surface area is 147 Å². The summed E-state index contributed by atoms with van der Waals surface area (Å²) >= 11 is 4.49. The number of hydrogen-bond donors (Lipinski definition) is 2. The quantitative estimate of drug-likeness (QED) is 0.481. The van der Waals surface area contributed by atoms with Gasteiger partial charge in [0.2, 0.25) is 0 Å². The van der Waals surface area contributed by atoms with Crippen molar-refractivity contribution in [3.8, 4) is 0 Å². The van der Waals surface area contributed by atoms with Gasteiger partial charge in [-0.05, 0) is 28.9 Å². The van der Waals surface area contributed by atoms with E-state index in [2.05, 4.69) is 35.9 Å². The molecule has 0 bridgehead atoms. The zero-order valence-corrected chi connectivity index (χ0v) is 14.6. The standard InChI is InChI=1S/C14H11BrF3N5S/c1-6(9-2-7-8(15)4-20-10(7)5-21-9)24-13-22-11(14(16,17)18)3-12(19)23-13/h2-6,20H,1H3,(H2,19,22,23). The van der Waals surface area contributed by atoms with E-state index in [1.165, 1.54) is 0 Å². The molecule has 24 heavy (non-hydrogen) atoms. The summed E-state index contributed by atoms with van der Waals surface area (Å²) in [6.07, 6.45) is -1.10. The normalized spacial score (nSPS) is 13.4. The fraction of sp³-hybridized carbons (Fsp3) is 0.214. The number of nitrogens with zero attached hydrogens (tertiary/aromatic N) is 3. The van der Waals surface area contributed by atoms with Crippen molar-refractivity contribution in [3.63, 3.8) is 0 Å². The van der Waals surface area contributed by atoms with Gasteiger partial charge >= 0.3 is 6.18 Å². The average molecular weight is 418 g/mol. The largest absolute Gasteiger partial charge is 0.433 e. The van der Waals surface area contributed by atoms with E-state index in [9.17, 15) is 13.2 Å². The van der Waals surface area contributed by atoms with E-state index in [4.69, 9.17) is 5.73 Å². The molecular formula is C14H11BrF3N5S. The third kappa shape index (κ3) is 3.48. The topological polar surface area (TPSA) is 80.5 Å². The minimum absolute atomic E-state index is 0.0372. The number of pyridine rings is 1. The molecule has 0 radical (unpaired) electrons. The summed E-state index contributed by atoms with van der Waals surface area (Å²) in [5.41, 5.74) is 5.97. The van der Waals surface area contributed by atoms with E-state index in [0.29, 0.717) is 5.69 Å². The lowest BCUT2D eigenvalue weighted by molar-refractivity contribution is -0.141. The molecule has 1 atom stereocenters. The molecule has 1 unspecified atom stereocenters. The third-order valence-electron chi connectivity index (χ3n) is 3.25. The molecule has 0 aliphatic carbocycles. The fourth-order valence-electron chi connectivity index (χ4n) is 2.08. The molecule has 3 aromatic rings. The highest BCUT2D eigenvalue weighted by Crippen LogP contribution is 2.36. The van der Waals surface area contributed by atoms with E-state index in [0.717, 1.165) is 33.2 Å². The van der Waals surface area contributed by atoms with Gasteiger partial charge in [0.15, 0.2) is 10.9 Å². The van der Waals surface area contributed by atoms with Gasteiger partial charge in [-0.15, -0.1) is 0 Å². The Bertz CT molecular complexity index is 896. The maximum absolute atomic E-state index is 12.8. The van der Waals surface area contributed by atoms with E-state index in [-0.39, 0.29) is 16.2 Å². The smallest absolute Gasteiger partial charge is 0.384 e. The van der Waals surface area contributed by atoms with E-state index < -0.39 is 11.9 Å². The maximum atomic E-state index is 12.8. The van der Waals surface area contributed by atoms with Crippen LogP contribution in [0.4, 0.5) is 19.0 Å². The molecule has 0 spiro atoms. The van der Waals surface area contributed by atoms with Gasteiger partial charge in [0.25, 0.3) is 0 Å². The second-order valence-electron chi connectivity index (χ2n) is 5.01. The van der Waals surface area contributed by atoms with Gasteiger partial charge in [0, 0.05) is 22.1 Å². The molecule has 10 heteroatoms. The van der Waals surface area contributed by atoms with Gasteiger partial charge in [-0.2, -0.15) is 13.2 Å². The number of rotatable bonds is 3. The number of aromatic nitrogens is 4. The Morgan fingerprint density at radius 1 is 1.29 bits per heavy atom. The minimum Gasteiger partial charge on any atom is -0.384 e. The van der Waals surface area contributed by atoms with Crippen molar-refractivity contribution >= 4 is 44.4 Å². The number of nitrogens with two attached hydrogens (primary N) is 1. The fourth-order valence-corrected chi connectivity index (χ4v) is 3.40. The summed E-state index contributed by atoms with van der Waals surface area (Å²) in [5, 5.41) is 0.654. The highest BCUT2D eigenvalue weighted by atomic mass is 79.9. The lowest BCUT2D eigenvalue weighted by Gasteiger charge is -2.12. The predicted octanol–water partition coefficient (Wildman–Crippen LogP) is 4.57. The van der Waals surface area contributed by atoms with Crippen LogP contribution in [0.3, 0.4) is 0 Å². The minimum atomic E-state index is -4.57. The van der Waals surface area contributed by atoms with Gasteiger partial charge < -0.3 is 10.7 Å². The van der Waals surface area contributed by atoms with Gasteiger partial charge in [0.1, 0.15) is 5.82 Å². The Morgan fingerprint density at radius 3 is 2.75 bits per heavy atom. The molecule has 5 nitrogen and oxygen atoms in total. The van der Waals surface area contributed by atoms with Crippen LogP contribution in [0.15, 0.2) is 34.2 Å². The zero-order chi connectivity index (χ0) is 17.5. The number of alkyl halides is 3. The lowest BCUT2D eigenvalue weighted by Crippen LogP contribution is -2.11. The summed E-state index contributed by atoms with van der Waals surface area (Å²) in [6, 6.07) is 2.58. The van der Waals surface area contributed by atoms with Crippen molar-refractivity contribution in [2.45, 2.75) is 23.5 Å². The molecule has 3 heterocycles. The maximum Gasteiger partial charge on any atom is 0.433 e. The van der Waals surface area contributed by atoms with Crippen LogP contribution in [0.25, 0.3) is 10.9 Å². The first-order valence-electron chi connectivity index (χ1n) is 6.75. The third-order valence-corrected chi connectivity index (χ3v) is 4.90. The van der Waals surface area contributed by atoms with Crippen molar-refractivity contribution in [2.75, 3.05) is 5.73 Å². The zero-order valence-electron chi connectivity index (χ0n) is 12.2. The molecule has 0 saturated carbocycles. The first-order chi connectivity index (χ1) is 11.2. The average Bonchev–Trinajstić information content (AvgIpc) is 2.86. The van der Waals surface area contributed by atoms with Gasteiger partial charge in [-0.3, -0.25) is 4.98 Å². The number of H-pyrrole nitrogens is 1. The number of aromatic amines is 1. The molecule has 0 fully saturated rings. The van der Waals surface area contributed by atoms with Crippen LogP contribution in [0.1, 0.15) is 23.6 Å². The summed E-state index contributed by atoms with van der Waals surface area (Å²) in [4.78, 5) is 14.8. The molecule has 0 aliphatic rings. The van der Waals surface area contributed by atoms with E-state index >= 15 is 0 Å². The van der Waals surface area contributed by atoms with Crippen molar-refractivity contribution < 1.29 is 13.2 Å². The summed E-state index contributed by atoms with van der Waals surface area (Å²) in [5.74, 6) is -0.219. The first-order valence-corrected chi connectivity index (χ1v) is 8.42. The van der Waals surface area contributed by atoms with E-state index in [1.807, 2.05) is 13.0 Å². The van der Waals surface area contributed by atoms with Crippen LogP contribution in [-0.2, 0) is 6.18 Å². The number of fused-ring (bicyclic) bond motifs is 1. The molecule has 0 aromatic carbocycles. The Hall–Kier alpha value is -1.81. The number of nitrogen functional groups attached to an aromatic ring is 1. The highest BCUT2D eigenvalue weighted by Gasteiger charge is 2.33. The van der Waals surface area contributed by atoms with Crippen LogP contribution in [0.2, 0.25) is 0 Å². The molecule has 3 N–H and O–H groups in total. The summed E-state index contributed by atoms with van der Waals surface area (Å²) in [6.45, 7) is 1.82. The summed E-state index contributed by atoms with van der Waals surface area (Å²) < 4.78 is 39.3. The van der Waals surface area contributed by atoms with Crippen molar-refractivity contribution in [3.05, 3.63) is 40.4 Å². The molecule has 126 valence electrons. The lowest BCUT2D eigenvalue weighted by atomic mass is 10.2. The van der Waals surface area contributed by atoms with Crippen molar-refractivity contribution in [1.82, 2.24) is 19.9 Å². The molecule has 0 amide bonds. The summed E-state index contributed by atoms with van der Waals surface area (Å²) in [7, 11) is 0. The number of anilines is 1. The van der Waals surface area contributed by atoms with Gasteiger partial charge in [-0.1, -0.05) is 11.8 Å². The van der Waals surface area contributed by atoms with Crippen molar-refractivity contribution in [1.29, 1.82) is 0 Å². The van der Waals surface area contributed by atoms with Crippen LogP contribution in [0, 0.1) is 0 Å². The molecular weight excluding hydrogens is 407 g/mol. The molecule has 3 aromatic heterocycles. The molecule has 0 aliphatic heterocycles. The SMILES string of the molecule is CC(Sc1nc(N)cc(C(F)(F)F)n1)c1cc2c(Br)c[nH]c2cn1. The Balaban J connectivity index is 1.89. The number of nitrogens with one attached hydrogen (secondary N) is 1. The molecule has 3 rings (SSSR count). The van der Waals surface area contributed by atoms with Crippen LogP contribution >= 0.6 is 27.7 Å². The predicted molar refractivity (Wildman–Crippen MR) is 89.5 cm³/mol. The number of thioether (sulfide) groups is 1. The van der Waals surface area contributed by atoms with E-state index in [1.54, 1.807) is 12.4 Å². The Kier molecular flexibility index (Phi) is 4.43. The monoisotopic (exact) mass is 417 g/mol. The number of halogens is 4. The van der Waals surface area contributed by atoms with Crippen molar-refractivity contribution in [2.24, 2.45) is 0 Å². The number of hydrogen-bond acceptors (Lipinski definition) is 5. The van der Waals surface area contributed by atoms with Gasteiger partial charge in [0.05, 0.1) is 22.7 Å². The first kappa shape index (κ1) is 17.0. The van der Waals surface area contributed by atoms with Crippen LogP contribution < -0.4 is 5.73 Å². The highest BCUT2D eigenvalue weighted by molar-refractivity contribution is 9.10. The van der Waals surface area contributed by atoms with Gasteiger partial charge in [-0.25, -0.2) is 9.97 Å².